The number of hydrogen-bond donors (Lipinski definition) is 0. The first-order chi connectivity index (χ1) is 12.4. The second-order valence-corrected chi connectivity index (χ2v) is 5.60. The van der Waals surface area contributed by atoms with E-state index in [1.54, 1.807) is 18.2 Å². The Balaban J connectivity index is 1.74. The fourth-order valence-electron chi connectivity index (χ4n) is 2.56. The summed E-state index contributed by atoms with van der Waals surface area (Å²) in [5, 5.41) is 1.78. The van der Waals surface area contributed by atoms with Crippen LogP contribution in [0.1, 0.15) is 26.3 Å². The lowest BCUT2D eigenvalue weighted by molar-refractivity contribution is -0.138. The molecule has 0 saturated heterocycles. The third kappa shape index (κ3) is 3.74. The van der Waals surface area contributed by atoms with Crippen LogP contribution in [0.3, 0.4) is 0 Å². The number of ether oxygens (including phenoxy) is 1. The summed E-state index contributed by atoms with van der Waals surface area (Å²) in [6.07, 6.45) is -4.68. The van der Waals surface area contributed by atoms with Gasteiger partial charge >= 0.3 is 12.1 Å². The maximum atomic E-state index is 12.9. The molecule has 0 fully saturated rings. The molecule has 3 aromatic rings. The average molecular weight is 358 g/mol. The van der Waals surface area contributed by atoms with Gasteiger partial charge in [-0.25, -0.2) is 4.79 Å². The number of hydrogen-bond acceptors (Lipinski definition) is 3. The molecular formula is C20H13F3O3. The molecule has 0 unspecified atom stereocenters. The number of fused-ring (bicyclic) bond motifs is 1. The summed E-state index contributed by atoms with van der Waals surface area (Å²) in [6.45, 7) is -0.636. The molecular weight excluding hydrogens is 345 g/mol. The fraction of sp³-hybridized carbons (Fsp3) is 0.100. The topological polar surface area (TPSA) is 43.4 Å². The Labute approximate surface area is 147 Å². The Hall–Kier alpha value is -3.15. The molecule has 3 aromatic carbocycles. The molecule has 6 heteroatoms. The van der Waals surface area contributed by atoms with E-state index in [2.05, 4.69) is 0 Å². The van der Waals surface area contributed by atoms with Gasteiger partial charge in [-0.05, 0) is 29.0 Å². The Morgan fingerprint density at radius 3 is 2.23 bits per heavy atom. The molecule has 0 N–H and O–H groups in total. The molecule has 0 spiro atoms. The predicted molar refractivity (Wildman–Crippen MR) is 90.0 cm³/mol. The SMILES string of the molecule is O=C(COC(=O)c1ccccc1C(F)(F)F)c1ccc2ccccc2c1. The van der Waals surface area contributed by atoms with Gasteiger partial charge in [-0.2, -0.15) is 13.2 Å². The van der Waals surface area contributed by atoms with Crippen LogP contribution in [0, 0.1) is 0 Å². The second kappa shape index (κ2) is 7.00. The molecule has 3 nitrogen and oxygen atoms in total. The standard InChI is InChI=1S/C20H13F3O3/c21-20(22,23)17-8-4-3-7-16(17)19(25)26-12-18(24)15-10-9-13-5-1-2-6-14(13)11-15/h1-11H,12H2. The maximum Gasteiger partial charge on any atom is 0.417 e. The summed E-state index contributed by atoms with van der Waals surface area (Å²) >= 11 is 0. The van der Waals surface area contributed by atoms with E-state index in [0.717, 1.165) is 22.9 Å². The summed E-state index contributed by atoms with van der Waals surface area (Å²) in [6, 6.07) is 16.7. The highest BCUT2D eigenvalue weighted by atomic mass is 19.4. The summed E-state index contributed by atoms with van der Waals surface area (Å²) in [7, 11) is 0. The van der Waals surface area contributed by atoms with Gasteiger partial charge < -0.3 is 4.74 Å². The molecule has 3 rings (SSSR count). The van der Waals surface area contributed by atoms with Crippen molar-refractivity contribution in [1.29, 1.82) is 0 Å². The number of carbonyl (C=O) groups excluding carboxylic acids is 2. The molecule has 0 aliphatic rings. The molecule has 26 heavy (non-hydrogen) atoms. The van der Waals surface area contributed by atoms with Gasteiger partial charge in [0.1, 0.15) is 0 Å². The van der Waals surface area contributed by atoms with Gasteiger partial charge in [-0.3, -0.25) is 4.79 Å². The van der Waals surface area contributed by atoms with Crippen LogP contribution in [-0.2, 0) is 10.9 Å². The molecule has 0 amide bonds. The Morgan fingerprint density at radius 1 is 0.846 bits per heavy atom. The molecule has 0 saturated carbocycles. The predicted octanol–water partition coefficient (Wildman–Crippen LogP) is 4.90. The van der Waals surface area contributed by atoms with E-state index in [4.69, 9.17) is 4.74 Å². The summed E-state index contributed by atoms with van der Waals surface area (Å²) in [5.74, 6) is -1.68. The van der Waals surface area contributed by atoms with Crippen LogP contribution in [0.4, 0.5) is 13.2 Å². The Bertz CT molecular complexity index is 977. The summed E-state index contributed by atoms with van der Waals surface area (Å²) in [5.41, 5.74) is -1.39. The molecule has 0 heterocycles. The number of carbonyl (C=O) groups is 2. The number of benzene rings is 3. The number of ketones is 1. The highest BCUT2D eigenvalue weighted by Gasteiger charge is 2.35. The molecule has 0 aromatic heterocycles. The normalized spacial score (nSPS) is 11.3. The lowest BCUT2D eigenvalue weighted by Crippen LogP contribution is -2.18. The summed E-state index contributed by atoms with van der Waals surface area (Å²) in [4.78, 5) is 24.2. The van der Waals surface area contributed by atoms with E-state index in [-0.39, 0.29) is 0 Å². The van der Waals surface area contributed by atoms with Crippen LogP contribution in [0.25, 0.3) is 10.8 Å². The molecule has 0 atom stereocenters. The van der Waals surface area contributed by atoms with E-state index in [1.165, 1.54) is 12.1 Å². The largest absolute Gasteiger partial charge is 0.454 e. The lowest BCUT2D eigenvalue weighted by atomic mass is 10.0. The van der Waals surface area contributed by atoms with Crippen LogP contribution >= 0.6 is 0 Å². The smallest absolute Gasteiger partial charge is 0.417 e. The highest BCUT2D eigenvalue weighted by molar-refractivity contribution is 6.02. The first-order valence-corrected chi connectivity index (χ1v) is 7.71. The van der Waals surface area contributed by atoms with Crippen molar-refractivity contribution in [2.45, 2.75) is 6.18 Å². The zero-order chi connectivity index (χ0) is 18.7. The zero-order valence-electron chi connectivity index (χ0n) is 13.4. The van der Waals surface area contributed by atoms with Crippen molar-refractivity contribution >= 4 is 22.5 Å². The average Bonchev–Trinajstić information content (AvgIpc) is 2.64. The molecule has 0 aliphatic carbocycles. The van der Waals surface area contributed by atoms with Crippen molar-refractivity contribution in [2.75, 3.05) is 6.61 Å². The number of halogens is 3. The van der Waals surface area contributed by atoms with Gasteiger partial charge in [0.05, 0.1) is 11.1 Å². The van der Waals surface area contributed by atoms with E-state index >= 15 is 0 Å². The van der Waals surface area contributed by atoms with Crippen molar-refractivity contribution in [3.63, 3.8) is 0 Å². The van der Waals surface area contributed by atoms with Crippen molar-refractivity contribution in [3.05, 3.63) is 83.4 Å². The van der Waals surface area contributed by atoms with Crippen molar-refractivity contribution in [3.8, 4) is 0 Å². The molecule has 0 aliphatic heterocycles. The zero-order valence-corrected chi connectivity index (χ0v) is 13.4. The third-order valence-electron chi connectivity index (χ3n) is 3.86. The van der Waals surface area contributed by atoms with E-state index < -0.39 is 35.7 Å². The molecule has 0 bridgehead atoms. The van der Waals surface area contributed by atoms with Crippen LogP contribution in [0.2, 0.25) is 0 Å². The molecule has 132 valence electrons. The second-order valence-electron chi connectivity index (χ2n) is 5.60. The van der Waals surface area contributed by atoms with E-state index in [9.17, 15) is 22.8 Å². The number of rotatable bonds is 4. The van der Waals surface area contributed by atoms with Gasteiger partial charge in [0.2, 0.25) is 0 Å². The van der Waals surface area contributed by atoms with Gasteiger partial charge in [-0.1, -0.05) is 48.5 Å². The van der Waals surface area contributed by atoms with E-state index in [1.807, 2.05) is 24.3 Å². The number of Topliss-reactive ketones (excluding diaryl/α,β-unsaturated/α-hetero) is 1. The van der Waals surface area contributed by atoms with Gasteiger partial charge in [-0.15, -0.1) is 0 Å². The maximum absolute atomic E-state index is 12.9. The minimum absolute atomic E-state index is 0.320. The summed E-state index contributed by atoms with van der Waals surface area (Å²) < 4.78 is 43.6. The van der Waals surface area contributed by atoms with Crippen molar-refractivity contribution in [2.24, 2.45) is 0 Å². The van der Waals surface area contributed by atoms with Crippen LogP contribution in [0.15, 0.2) is 66.7 Å². The first kappa shape index (κ1) is 17.7. The van der Waals surface area contributed by atoms with Crippen LogP contribution in [0.5, 0.6) is 0 Å². The third-order valence-corrected chi connectivity index (χ3v) is 3.86. The monoisotopic (exact) mass is 358 g/mol. The van der Waals surface area contributed by atoms with Gasteiger partial charge in [0, 0.05) is 5.56 Å². The molecule has 0 radical (unpaired) electrons. The van der Waals surface area contributed by atoms with Crippen LogP contribution < -0.4 is 0 Å². The Kier molecular flexibility index (Phi) is 4.75. The van der Waals surface area contributed by atoms with Gasteiger partial charge in [0.25, 0.3) is 0 Å². The van der Waals surface area contributed by atoms with Crippen LogP contribution in [-0.4, -0.2) is 18.4 Å². The minimum atomic E-state index is -4.68. The Morgan fingerprint density at radius 2 is 1.50 bits per heavy atom. The first-order valence-electron chi connectivity index (χ1n) is 7.71. The number of alkyl halides is 3. The van der Waals surface area contributed by atoms with Crippen molar-refractivity contribution in [1.82, 2.24) is 0 Å². The highest BCUT2D eigenvalue weighted by Crippen LogP contribution is 2.32. The number of esters is 1. The van der Waals surface area contributed by atoms with Gasteiger partial charge in [0.15, 0.2) is 12.4 Å². The fourth-order valence-corrected chi connectivity index (χ4v) is 2.56. The lowest BCUT2D eigenvalue weighted by Gasteiger charge is -2.12. The van der Waals surface area contributed by atoms with E-state index in [0.29, 0.717) is 5.56 Å². The van der Waals surface area contributed by atoms with Crippen molar-refractivity contribution < 1.29 is 27.5 Å². The quantitative estimate of drug-likeness (QED) is 0.492. The minimum Gasteiger partial charge on any atom is -0.454 e.